The molecule has 0 aliphatic rings. The zero-order valence-corrected chi connectivity index (χ0v) is 6.21. The van der Waals surface area contributed by atoms with Crippen LogP contribution in [0.25, 0.3) is 0 Å². The predicted molar refractivity (Wildman–Crippen MR) is 38.5 cm³/mol. The summed E-state index contributed by atoms with van der Waals surface area (Å²) in [4.78, 5) is 12.0. The third kappa shape index (κ3) is 3.29. The number of nitrogens with two attached hydrogens (primary N) is 1. The van der Waals surface area contributed by atoms with Crippen LogP contribution in [0.2, 0.25) is 0 Å². The van der Waals surface area contributed by atoms with E-state index in [0.717, 1.165) is 0 Å². The van der Waals surface area contributed by atoms with Gasteiger partial charge in [-0.1, -0.05) is 0 Å². The van der Waals surface area contributed by atoms with Gasteiger partial charge in [0.2, 0.25) is 0 Å². The summed E-state index contributed by atoms with van der Waals surface area (Å²) in [5.41, 5.74) is 4.99. The molecule has 0 bridgehead atoms. The number of hydrogen-bond donors (Lipinski definition) is 2. The summed E-state index contributed by atoms with van der Waals surface area (Å²) in [6.07, 6.45) is 0.594. The van der Waals surface area contributed by atoms with Crippen LogP contribution < -0.4 is 5.73 Å². The highest BCUT2D eigenvalue weighted by molar-refractivity contribution is 5.71. The van der Waals surface area contributed by atoms with Gasteiger partial charge in [-0.3, -0.25) is 0 Å². The predicted octanol–water partition coefficient (Wildman–Crippen LogP) is -0.231. The van der Waals surface area contributed by atoms with E-state index in [2.05, 4.69) is 0 Å². The van der Waals surface area contributed by atoms with Gasteiger partial charge in [0.15, 0.2) is 0 Å². The number of primary amides is 1. The van der Waals surface area contributed by atoms with Crippen LogP contribution in [0.1, 0.15) is 13.3 Å². The van der Waals surface area contributed by atoms with Crippen LogP contribution in [-0.4, -0.2) is 35.7 Å². The Morgan fingerprint density at radius 3 is 2.60 bits per heavy atom. The third-order valence-corrected chi connectivity index (χ3v) is 1.28. The Morgan fingerprint density at radius 2 is 2.30 bits per heavy atom. The van der Waals surface area contributed by atoms with Crippen molar-refractivity contribution in [1.82, 2.24) is 4.90 Å². The lowest BCUT2D eigenvalue weighted by Crippen LogP contribution is -2.36. The highest BCUT2D eigenvalue weighted by Gasteiger charge is 2.03. The standard InChI is InChI=1S/C6H14N2O2/c1-2-8(6(7)10)4-3-5-9/h9H,2-5H2,1H3,(H2,7,10). The van der Waals surface area contributed by atoms with Crippen LogP contribution in [0.4, 0.5) is 4.79 Å². The summed E-state index contributed by atoms with van der Waals surface area (Å²) < 4.78 is 0. The average molecular weight is 146 g/mol. The molecule has 0 spiro atoms. The summed E-state index contributed by atoms with van der Waals surface area (Å²) in [7, 11) is 0. The van der Waals surface area contributed by atoms with E-state index in [1.165, 1.54) is 4.90 Å². The lowest BCUT2D eigenvalue weighted by atomic mass is 10.4. The summed E-state index contributed by atoms with van der Waals surface area (Å²) in [5, 5.41) is 8.41. The Morgan fingerprint density at radius 1 is 1.70 bits per heavy atom. The van der Waals surface area contributed by atoms with Gasteiger partial charge in [-0.05, 0) is 13.3 Å². The fraction of sp³-hybridized carbons (Fsp3) is 0.833. The average Bonchev–Trinajstić information content (AvgIpc) is 1.89. The molecule has 0 aromatic rings. The number of amides is 2. The fourth-order valence-electron chi connectivity index (χ4n) is 0.686. The summed E-state index contributed by atoms with van der Waals surface area (Å²) in [6, 6.07) is -0.420. The topological polar surface area (TPSA) is 66.6 Å². The van der Waals surface area contributed by atoms with Gasteiger partial charge < -0.3 is 15.7 Å². The van der Waals surface area contributed by atoms with Crippen LogP contribution >= 0.6 is 0 Å². The summed E-state index contributed by atoms with van der Waals surface area (Å²) in [5.74, 6) is 0. The first-order valence-corrected chi connectivity index (χ1v) is 3.37. The van der Waals surface area contributed by atoms with Crippen LogP contribution in [0.15, 0.2) is 0 Å². The second-order valence-corrected chi connectivity index (χ2v) is 2.00. The van der Waals surface area contributed by atoms with Crippen molar-refractivity contribution >= 4 is 6.03 Å². The Hall–Kier alpha value is -0.770. The number of nitrogens with zero attached hydrogens (tertiary/aromatic N) is 1. The van der Waals surface area contributed by atoms with Crippen molar-refractivity contribution in [2.24, 2.45) is 5.73 Å². The van der Waals surface area contributed by atoms with E-state index in [4.69, 9.17) is 10.8 Å². The zero-order valence-electron chi connectivity index (χ0n) is 6.21. The number of carbonyl (C=O) groups is 1. The van der Waals surface area contributed by atoms with Gasteiger partial charge in [-0.15, -0.1) is 0 Å². The minimum atomic E-state index is -0.420. The molecule has 60 valence electrons. The summed E-state index contributed by atoms with van der Waals surface area (Å²) in [6.45, 7) is 3.10. The van der Waals surface area contributed by atoms with Crippen molar-refractivity contribution in [2.45, 2.75) is 13.3 Å². The molecule has 4 heteroatoms. The van der Waals surface area contributed by atoms with Gasteiger partial charge >= 0.3 is 6.03 Å². The van der Waals surface area contributed by atoms with Crippen molar-refractivity contribution in [3.63, 3.8) is 0 Å². The molecule has 4 nitrogen and oxygen atoms in total. The van der Waals surface area contributed by atoms with Crippen molar-refractivity contribution in [2.75, 3.05) is 19.7 Å². The fourth-order valence-corrected chi connectivity index (χ4v) is 0.686. The summed E-state index contributed by atoms with van der Waals surface area (Å²) >= 11 is 0. The van der Waals surface area contributed by atoms with Crippen molar-refractivity contribution in [3.05, 3.63) is 0 Å². The van der Waals surface area contributed by atoms with E-state index in [9.17, 15) is 4.79 Å². The van der Waals surface area contributed by atoms with Gasteiger partial charge in [-0.2, -0.15) is 0 Å². The van der Waals surface area contributed by atoms with E-state index >= 15 is 0 Å². The monoisotopic (exact) mass is 146 g/mol. The molecule has 10 heavy (non-hydrogen) atoms. The van der Waals surface area contributed by atoms with Crippen LogP contribution in [0.5, 0.6) is 0 Å². The number of hydrogen-bond acceptors (Lipinski definition) is 2. The van der Waals surface area contributed by atoms with Crippen molar-refractivity contribution in [1.29, 1.82) is 0 Å². The lowest BCUT2D eigenvalue weighted by molar-refractivity contribution is 0.201. The van der Waals surface area contributed by atoms with Crippen molar-refractivity contribution < 1.29 is 9.90 Å². The maximum Gasteiger partial charge on any atom is 0.314 e. The Labute approximate surface area is 60.6 Å². The molecular formula is C6H14N2O2. The maximum absolute atomic E-state index is 10.5. The minimum Gasteiger partial charge on any atom is -0.396 e. The molecule has 0 atom stereocenters. The first kappa shape index (κ1) is 9.23. The molecule has 0 aliphatic heterocycles. The van der Waals surface area contributed by atoms with Crippen LogP contribution in [0.3, 0.4) is 0 Å². The largest absolute Gasteiger partial charge is 0.396 e. The van der Waals surface area contributed by atoms with E-state index < -0.39 is 6.03 Å². The molecule has 0 heterocycles. The molecule has 0 radical (unpaired) electrons. The van der Waals surface area contributed by atoms with Crippen LogP contribution in [0, 0.1) is 0 Å². The smallest absolute Gasteiger partial charge is 0.314 e. The lowest BCUT2D eigenvalue weighted by Gasteiger charge is -2.16. The van der Waals surface area contributed by atoms with E-state index in [1.54, 1.807) is 0 Å². The quantitative estimate of drug-likeness (QED) is 0.575. The van der Waals surface area contributed by atoms with Gasteiger partial charge in [0.05, 0.1) is 0 Å². The molecule has 0 aromatic carbocycles. The maximum atomic E-state index is 10.5. The molecule has 3 N–H and O–H groups in total. The first-order chi connectivity index (χ1) is 4.72. The molecule has 0 saturated heterocycles. The van der Waals surface area contributed by atoms with E-state index in [1.807, 2.05) is 6.92 Å². The SMILES string of the molecule is CCN(CCCO)C(N)=O. The Balaban J connectivity index is 3.50. The second kappa shape index (κ2) is 5.05. The molecule has 0 rings (SSSR count). The minimum absolute atomic E-state index is 0.101. The number of aliphatic hydroxyl groups excluding tert-OH is 1. The molecule has 0 saturated carbocycles. The van der Waals surface area contributed by atoms with E-state index in [0.29, 0.717) is 19.5 Å². The third-order valence-electron chi connectivity index (χ3n) is 1.28. The van der Waals surface area contributed by atoms with E-state index in [-0.39, 0.29) is 6.61 Å². The molecule has 0 aromatic heterocycles. The number of rotatable bonds is 4. The highest BCUT2D eigenvalue weighted by Crippen LogP contribution is 1.88. The number of carbonyl (C=O) groups excluding carboxylic acids is 1. The molecule has 0 fully saturated rings. The zero-order chi connectivity index (χ0) is 7.98. The molecule has 0 unspecified atom stereocenters. The molecule has 0 aliphatic carbocycles. The van der Waals surface area contributed by atoms with Gasteiger partial charge in [0.1, 0.15) is 0 Å². The number of aliphatic hydroxyl groups is 1. The Kier molecular flexibility index (Phi) is 4.66. The normalized spacial score (nSPS) is 9.40. The molecule has 2 amide bonds. The van der Waals surface area contributed by atoms with Gasteiger partial charge in [0.25, 0.3) is 0 Å². The Bertz CT molecular complexity index is 106. The first-order valence-electron chi connectivity index (χ1n) is 3.37. The molecular weight excluding hydrogens is 132 g/mol. The van der Waals surface area contributed by atoms with Crippen LogP contribution in [-0.2, 0) is 0 Å². The number of urea groups is 1. The van der Waals surface area contributed by atoms with Gasteiger partial charge in [0, 0.05) is 19.7 Å². The second-order valence-electron chi connectivity index (χ2n) is 2.00. The van der Waals surface area contributed by atoms with Gasteiger partial charge in [-0.25, -0.2) is 4.79 Å². The van der Waals surface area contributed by atoms with Crippen molar-refractivity contribution in [3.8, 4) is 0 Å². The highest BCUT2D eigenvalue weighted by atomic mass is 16.3.